The third-order valence-corrected chi connectivity index (χ3v) is 4.67. The van der Waals surface area contributed by atoms with Crippen LogP contribution in [0.25, 0.3) is 10.8 Å². The van der Waals surface area contributed by atoms with Gasteiger partial charge in [0, 0.05) is 12.1 Å². The second-order valence-electron chi connectivity index (χ2n) is 8.99. The minimum absolute atomic E-state index is 0.178. The van der Waals surface area contributed by atoms with Gasteiger partial charge in [-0.1, -0.05) is 57.2 Å². The lowest BCUT2D eigenvalue weighted by atomic mass is 9.90. The van der Waals surface area contributed by atoms with Crippen LogP contribution in [0.2, 0.25) is 0 Å². The molecule has 0 atom stereocenters. The Kier molecular flexibility index (Phi) is 5.20. The quantitative estimate of drug-likeness (QED) is 0.651. The van der Waals surface area contributed by atoms with Gasteiger partial charge in [-0.2, -0.15) is 0 Å². The van der Waals surface area contributed by atoms with Crippen molar-refractivity contribution >= 4 is 10.8 Å². The van der Waals surface area contributed by atoms with Gasteiger partial charge in [-0.25, -0.2) is 0 Å². The summed E-state index contributed by atoms with van der Waals surface area (Å²) in [6.07, 6.45) is 1.22. The van der Waals surface area contributed by atoms with E-state index in [-0.39, 0.29) is 5.54 Å². The Balaban J connectivity index is 2.31. The van der Waals surface area contributed by atoms with E-state index in [4.69, 9.17) is 0 Å². The van der Waals surface area contributed by atoms with Crippen LogP contribution < -0.4 is 0 Å². The molecule has 0 bridgehead atoms. The Morgan fingerprint density at radius 3 is 2.00 bits per heavy atom. The molecular formula is C22H33N. The van der Waals surface area contributed by atoms with Crippen molar-refractivity contribution in [1.29, 1.82) is 0 Å². The van der Waals surface area contributed by atoms with E-state index in [0.717, 1.165) is 13.1 Å². The summed E-state index contributed by atoms with van der Waals surface area (Å²) in [7, 11) is 0. The standard InChI is InChI=1S/C22H33N/c1-17-12-13-18(20-11-9-8-10-19(17)20)16-23(22(5,6)7)15-14-21(2,3)4/h8-13H,14-16H2,1-7H3. The van der Waals surface area contributed by atoms with Crippen LogP contribution in [0.15, 0.2) is 36.4 Å². The number of hydrogen-bond acceptors (Lipinski definition) is 1. The molecule has 2 rings (SSSR count). The summed E-state index contributed by atoms with van der Waals surface area (Å²) in [5.41, 5.74) is 3.35. The van der Waals surface area contributed by atoms with Crippen LogP contribution in [0, 0.1) is 12.3 Å². The average Bonchev–Trinajstić information content (AvgIpc) is 2.43. The van der Waals surface area contributed by atoms with Gasteiger partial charge < -0.3 is 0 Å². The molecule has 0 saturated heterocycles. The van der Waals surface area contributed by atoms with E-state index in [9.17, 15) is 0 Å². The number of rotatable bonds is 4. The van der Waals surface area contributed by atoms with Gasteiger partial charge in [0.2, 0.25) is 0 Å². The van der Waals surface area contributed by atoms with Crippen LogP contribution in [-0.2, 0) is 6.54 Å². The predicted octanol–water partition coefficient (Wildman–Crippen LogP) is 6.18. The van der Waals surface area contributed by atoms with E-state index in [2.05, 4.69) is 89.8 Å². The summed E-state index contributed by atoms with van der Waals surface area (Å²) in [6, 6.07) is 13.4. The highest BCUT2D eigenvalue weighted by Crippen LogP contribution is 2.28. The molecule has 0 aromatic heterocycles. The molecule has 23 heavy (non-hydrogen) atoms. The maximum absolute atomic E-state index is 2.62. The van der Waals surface area contributed by atoms with Gasteiger partial charge in [0.1, 0.15) is 0 Å². The molecule has 0 heterocycles. The van der Waals surface area contributed by atoms with Crippen LogP contribution in [0.3, 0.4) is 0 Å². The fraction of sp³-hybridized carbons (Fsp3) is 0.545. The summed E-state index contributed by atoms with van der Waals surface area (Å²) < 4.78 is 0. The first-order valence-electron chi connectivity index (χ1n) is 8.80. The third-order valence-electron chi connectivity index (χ3n) is 4.67. The van der Waals surface area contributed by atoms with Crippen molar-refractivity contribution in [2.75, 3.05) is 6.54 Å². The normalized spacial score (nSPS) is 13.0. The molecule has 0 aliphatic rings. The maximum Gasteiger partial charge on any atom is 0.0245 e. The summed E-state index contributed by atoms with van der Waals surface area (Å²) >= 11 is 0. The first kappa shape index (κ1) is 18.0. The maximum atomic E-state index is 2.62. The van der Waals surface area contributed by atoms with E-state index in [1.54, 1.807) is 0 Å². The number of fused-ring (bicyclic) bond motifs is 1. The first-order valence-corrected chi connectivity index (χ1v) is 8.80. The van der Waals surface area contributed by atoms with E-state index in [1.165, 1.54) is 28.3 Å². The predicted molar refractivity (Wildman–Crippen MR) is 103 cm³/mol. The lowest BCUT2D eigenvalue weighted by molar-refractivity contribution is 0.111. The number of aryl methyl sites for hydroxylation is 1. The second kappa shape index (κ2) is 6.65. The van der Waals surface area contributed by atoms with Crippen molar-refractivity contribution in [2.45, 2.75) is 67.0 Å². The van der Waals surface area contributed by atoms with Crippen molar-refractivity contribution in [1.82, 2.24) is 4.90 Å². The average molecular weight is 312 g/mol. The Bertz CT molecular complexity index is 656. The van der Waals surface area contributed by atoms with E-state index >= 15 is 0 Å². The lowest BCUT2D eigenvalue weighted by Gasteiger charge is -2.37. The minimum atomic E-state index is 0.178. The molecule has 2 aromatic rings. The highest BCUT2D eigenvalue weighted by Gasteiger charge is 2.24. The molecule has 0 aliphatic carbocycles. The van der Waals surface area contributed by atoms with E-state index < -0.39 is 0 Å². The summed E-state index contributed by atoms with van der Waals surface area (Å²) in [5, 5.41) is 2.78. The molecule has 126 valence electrons. The second-order valence-corrected chi connectivity index (χ2v) is 8.99. The summed E-state index contributed by atoms with van der Waals surface area (Å²) in [6.45, 7) is 18.3. The molecular weight excluding hydrogens is 278 g/mol. The number of benzene rings is 2. The van der Waals surface area contributed by atoms with Gasteiger partial charge in [-0.15, -0.1) is 0 Å². The van der Waals surface area contributed by atoms with Gasteiger partial charge in [0.15, 0.2) is 0 Å². The Morgan fingerprint density at radius 2 is 1.43 bits per heavy atom. The van der Waals surface area contributed by atoms with Gasteiger partial charge in [0.05, 0.1) is 0 Å². The van der Waals surface area contributed by atoms with Crippen LogP contribution in [0.1, 0.15) is 59.1 Å². The minimum Gasteiger partial charge on any atom is -0.294 e. The van der Waals surface area contributed by atoms with Crippen molar-refractivity contribution in [3.05, 3.63) is 47.5 Å². The molecule has 0 unspecified atom stereocenters. The summed E-state index contributed by atoms with van der Waals surface area (Å²) in [4.78, 5) is 2.62. The fourth-order valence-electron chi connectivity index (χ4n) is 2.98. The van der Waals surface area contributed by atoms with Gasteiger partial charge in [-0.3, -0.25) is 4.90 Å². The van der Waals surface area contributed by atoms with E-state index in [0.29, 0.717) is 5.41 Å². The number of hydrogen-bond donors (Lipinski definition) is 0. The van der Waals surface area contributed by atoms with Crippen LogP contribution >= 0.6 is 0 Å². The first-order chi connectivity index (χ1) is 10.6. The van der Waals surface area contributed by atoms with Gasteiger partial charge in [0.25, 0.3) is 0 Å². The highest BCUT2D eigenvalue weighted by atomic mass is 15.2. The van der Waals surface area contributed by atoms with Crippen molar-refractivity contribution in [3.8, 4) is 0 Å². The lowest BCUT2D eigenvalue weighted by Crippen LogP contribution is -2.42. The molecule has 1 heteroatoms. The fourth-order valence-corrected chi connectivity index (χ4v) is 2.98. The Hall–Kier alpha value is -1.34. The van der Waals surface area contributed by atoms with E-state index in [1.807, 2.05) is 0 Å². The van der Waals surface area contributed by atoms with Crippen LogP contribution in [0.4, 0.5) is 0 Å². The Labute approximate surface area is 142 Å². The largest absolute Gasteiger partial charge is 0.294 e. The molecule has 0 spiro atoms. The highest BCUT2D eigenvalue weighted by molar-refractivity contribution is 5.88. The number of nitrogens with zero attached hydrogens (tertiary/aromatic N) is 1. The molecule has 1 nitrogen and oxygen atoms in total. The zero-order valence-corrected chi connectivity index (χ0v) is 16.0. The summed E-state index contributed by atoms with van der Waals surface area (Å²) in [5.74, 6) is 0. The van der Waals surface area contributed by atoms with Crippen molar-refractivity contribution in [2.24, 2.45) is 5.41 Å². The van der Waals surface area contributed by atoms with Crippen molar-refractivity contribution < 1.29 is 0 Å². The molecule has 0 aliphatic heterocycles. The molecule has 0 fully saturated rings. The van der Waals surface area contributed by atoms with Crippen molar-refractivity contribution in [3.63, 3.8) is 0 Å². The van der Waals surface area contributed by atoms with Gasteiger partial charge in [-0.05, 0) is 68.0 Å². The third kappa shape index (κ3) is 4.81. The molecule has 0 radical (unpaired) electrons. The van der Waals surface area contributed by atoms with Crippen LogP contribution in [-0.4, -0.2) is 17.0 Å². The Morgan fingerprint density at radius 1 is 0.826 bits per heavy atom. The SMILES string of the molecule is Cc1ccc(CN(CCC(C)(C)C)C(C)(C)C)c2ccccc12. The van der Waals surface area contributed by atoms with Crippen LogP contribution in [0.5, 0.6) is 0 Å². The zero-order valence-electron chi connectivity index (χ0n) is 16.0. The van der Waals surface area contributed by atoms with Gasteiger partial charge >= 0.3 is 0 Å². The molecule has 0 saturated carbocycles. The smallest absolute Gasteiger partial charge is 0.0245 e. The topological polar surface area (TPSA) is 3.24 Å². The zero-order chi connectivity index (χ0) is 17.3. The molecule has 2 aromatic carbocycles. The molecule has 0 N–H and O–H groups in total. The monoisotopic (exact) mass is 311 g/mol. The molecule has 0 amide bonds.